The van der Waals surface area contributed by atoms with Gasteiger partial charge in [0, 0.05) is 13.1 Å². The van der Waals surface area contributed by atoms with E-state index in [2.05, 4.69) is 10.2 Å². The van der Waals surface area contributed by atoms with Crippen LogP contribution in [0.3, 0.4) is 0 Å². The van der Waals surface area contributed by atoms with Gasteiger partial charge in [-0.05, 0) is 30.5 Å². The molecule has 1 heterocycles. The van der Waals surface area contributed by atoms with E-state index in [1.54, 1.807) is 30.3 Å². The zero-order valence-electron chi connectivity index (χ0n) is 12.3. The van der Waals surface area contributed by atoms with E-state index in [0.29, 0.717) is 11.3 Å². The Morgan fingerprint density at radius 1 is 1.00 bits per heavy atom. The van der Waals surface area contributed by atoms with E-state index in [1.807, 2.05) is 24.3 Å². The number of para-hydroxylation sites is 2. The van der Waals surface area contributed by atoms with Gasteiger partial charge in [-0.1, -0.05) is 42.5 Å². The second-order valence-electron chi connectivity index (χ2n) is 5.47. The Kier molecular flexibility index (Phi) is 4.37. The van der Waals surface area contributed by atoms with Crippen LogP contribution in [0.2, 0.25) is 0 Å². The Hall–Kier alpha value is -2.36. The van der Waals surface area contributed by atoms with Gasteiger partial charge in [0.1, 0.15) is 0 Å². The minimum atomic E-state index is -1.66. The topological polar surface area (TPSA) is 32.3 Å². The lowest BCUT2D eigenvalue weighted by molar-refractivity contribution is -0.121. The summed E-state index contributed by atoms with van der Waals surface area (Å²) in [6.07, 6.45) is 0.642. The smallest absolute Gasteiger partial charge is 0.263 e. The zero-order valence-corrected chi connectivity index (χ0v) is 12.3. The van der Waals surface area contributed by atoms with Crippen LogP contribution in [-0.4, -0.2) is 19.0 Å². The Morgan fingerprint density at radius 3 is 2.36 bits per heavy atom. The molecule has 3 nitrogen and oxygen atoms in total. The molecule has 0 aliphatic carbocycles. The average molecular weight is 298 g/mol. The SMILES string of the molecule is O=C(Nc1ccccc1N1CCCC1)C(F)c1ccccc1. The molecule has 1 amide bonds. The highest BCUT2D eigenvalue weighted by molar-refractivity contribution is 5.97. The molecule has 1 aliphatic rings. The number of hydrogen-bond donors (Lipinski definition) is 1. The number of alkyl halides is 1. The summed E-state index contributed by atoms with van der Waals surface area (Å²) >= 11 is 0. The van der Waals surface area contributed by atoms with E-state index in [9.17, 15) is 9.18 Å². The quantitative estimate of drug-likeness (QED) is 0.927. The molecule has 0 aromatic heterocycles. The maximum atomic E-state index is 14.3. The van der Waals surface area contributed by atoms with Crippen LogP contribution in [0.5, 0.6) is 0 Å². The summed E-state index contributed by atoms with van der Waals surface area (Å²) < 4.78 is 14.3. The predicted molar refractivity (Wildman–Crippen MR) is 86.8 cm³/mol. The van der Waals surface area contributed by atoms with Crippen molar-refractivity contribution in [1.82, 2.24) is 0 Å². The van der Waals surface area contributed by atoms with Crippen molar-refractivity contribution in [1.29, 1.82) is 0 Å². The number of halogens is 1. The first kappa shape index (κ1) is 14.6. The van der Waals surface area contributed by atoms with Gasteiger partial charge < -0.3 is 10.2 Å². The van der Waals surface area contributed by atoms with Crippen LogP contribution >= 0.6 is 0 Å². The Labute approximate surface area is 129 Å². The van der Waals surface area contributed by atoms with E-state index >= 15 is 0 Å². The summed E-state index contributed by atoms with van der Waals surface area (Å²) in [5, 5.41) is 2.73. The molecule has 2 aromatic carbocycles. The number of benzene rings is 2. The molecule has 2 aromatic rings. The fourth-order valence-corrected chi connectivity index (χ4v) is 2.78. The second kappa shape index (κ2) is 6.60. The number of anilines is 2. The maximum absolute atomic E-state index is 14.3. The van der Waals surface area contributed by atoms with Gasteiger partial charge in [-0.2, -0.15) is 0 Å². The van der Waals surface area contributed by atoms with Crippen molar-refractivity contribution >= 4 is 17.3 Å². The van der Waals surface area contributed by atoms with Crippen molar-refractivity contribution in [3.63, 3.8) is 0 Å². The van der Waals surface area contributed by atoms with Gasteiger partial charge in [0.05, 0.1) is 11.4 Å². The Balaban J connectivity index is 1.77. The van der Waals surface area contributed by atoms with Gasteiger partial charge in [-0.25, -0.2) is 4.39 Å². The molecule has 1 fully saturated rings. The molecule has 0 spiro atoms. The van der Waals surface area contributed by atoms with Crippen molar-refractivity contribution < 1.29 is 9.18 Å². The summed E-state index contributed by atoms with van der Waals surface area (Å²) in [5.41, 5.74) is 2.01. The van der Waals surface area contributed by atoms with Crippen molar-refractivity contribution in [3.8, 4) is 0 Å². The fourth-order valence-electron chi connectivity index (χ4n) is 2.78. The van der Waals surface area contributed by atoms with Gasteiger partial charge in [0.15, 0.2) is 0 Å². The first-order valence-corrected chi connectivity index (χ1v) is 7.59. The lowest BCUT2D eigenvalue weighted by atomic mass is 10.1. The molecule has 114 valence electrons. The van der Waals surface area contributed by atoms with Gasteiger partial charge in [-0.15, -0.1) is 0 Å². The number of nitrogens with one attached hydrogen (secondary N) is 1. The van der Waals surface area contributed by atoms with Crippen molar-refractivity contribution in [2.45, 2.75) is 19.0 Å². The third kappa shape index (κ3) is 3.11. The summed E-state index contributed by atoms with van der Waals surface area (Å²) in [5.74, 6) is -0.627. The molecular weight excluding hydrogens is 279 g/mol. The van der Waals surface area contributed by atoms with Crippen molar-refractivity contribution in [2.24, 2.45) is 0 Å². The predicted octanol–water partition coefficient (Wildman–Crippen LogP) is 3.94. The standard InChI is InChI=1S/C18H19FN2O/c19-17(14-8-2-1-3-9-14)18(22)20-15-10-4-5-11-16(15)21-12-6-7-13-21/h1-5,8-11,17H,6-7,12-13H2,(H,20,22). The molecular formula is C18H19FN2O. The lowest BCUT2D eigenvalue weighted by Gasteiger charge is -2.22. The molecule has 1 saturated heterocycles. The third-order valence-corrected chi connectivity index (χ3v) is 3.93. The largest absolute Gasteiger partial charge is 0.370 e. The van der Waals surface area contributed by atoms with Crippen LogP contribution in [0.4, 0.5) is 15.8 Å². The summed E-state index contributed by atoms with van der Waals surface area (Å²) in [7, 11) is 0. The molecule has 1 aliphatic heterocycles. The number of carbonyl (C=O) groups excluding carboxylic acids is 1. The minimum Gasteiger partial charge on any atom is -0.370 e. The fraction of sp³-hybridized carbons (Fsp3) is 0.278. The highest BCUT2D eigenvalue weighted by Crippen LogP contribution is 2.30. The molecule has 1 N–H and O–H groups in total. The monoisotopic (exact) mass is 298 g/mol. The zero-order chi connectivity index (χ0) is 15.4. The number of nitrogens with zero attached hydrogens (tertiary/aromatic N) is 1. The molecule has 22 heavy (non-hydrogen) atoms. The van der Waals surface area contributed by atoms with E-state index in [4.69, 9.17) is 0 Å². The van der Waals surface area contributed by atoms with Crippen LogP contribution in [0.1, 0.15) is 24.6 Å². The number of hydrogen-bond acceptors (Lipinski definition) is 2. The van der Waals surface area contributed by atoms with Crippen LogP contribution in [0.15, 0.2) is 54.6 Å². The minimum absolute atomic E-state index is 0.374. The Bertz CT molecular complexity index is 639. The molecule has 0 saturated carbocycles. The molecule has 3 rings (SSSR count). The van der Waals surface area contributed by atoms with Crippen LogP contribution in [-0.2, 0) is 4.79 Å². The first-order valence-electron chi connectivity index (χ1n) is 7.59. The highest BCUT2D eigenvalue weighted by atomic mass is 19.1. The lowest BCUT2D eigenvalue weighted by Crippen LogP contribution is -2.23. The Morgan fingerprint density at radius 2 is 1.64 bits per heavy atom. The van der Waals surface area contributed by atoms with Gasteiger partial charge in [-0.3, -0.25) is 4.79 Å². The summed E-state index contributed by atoms with van der Waals surface area (Å²) in [4.78, 5) is 14.4. The number of rotatable bonds is 4. The number of amides is 1. The summed E-state index contributed by atoms with van der Waals surface area (Å²) in [6.45, 7) is 1.95. The van der Waals surface area contributed by atoms with Gasteiger partial charge >= 0.3 is 0 Å². The van der Waals surface area contributed by atoms with Crippen LogP contribution < -0.4 is 10.2 Å². The molecule has 0 bridgehead atoms. The average Bonchev–Trinajstić information content (AvgIpc) is 3.10. The van der Waals surface area contributed by atoms with Crippen molar-refractivity contribution in [2.75, 3.05) is 23.3 Å². The van der Waals surface area contributed by atoms with Crippen LogP contribution in [0.25, 0.3) is 0 Å². The molecule has 0 radical (unpaired) electrons. The van der Waals surface area contributed by atoms with Crippen molar-refractivity contribution in [3.05, 3.63) is 60.2 Å². The first-order chi connectivity index (χ1) is 10.8. The highest BCUT2D eigenvalue weighted by Gasteiger charge is 2.22. The van der Waals surface area contributed by atoms with E-state index in [1.165, 1.54) is 0 Å². The van der Waals surface area contributed by atoms with Gasteiger partial charge in [0.25, 0.3) is 5.91 Å². The van der Waals surface area contributed by atoms with E-state index in [0.717, 1.165) is 31.6 Å². The third-order valence-electron chi connectivity index (χ3n) is 3.93. The summed E-state index contributed by atoms with van der Waals surface area (Å²) in [6, 6.07) is 16.1. The van der Waals surface area contributed by atoms with Crippen LogP contribution in [0, 0.1) is 0 Å². The van der Waals surface area contributed by atoms with E-state index < -0.39 is 12.1 Å². The molecule has 1 unspecified atom stereocenters. The number of carbonyl (C=O) groups is 1. The maximum Gasteiger partial charge on any atom is 0.263 e. The normalized spacial score (nSPS) is 15.6. The van der Waals surface area contributed by atoms with E-state index in [-0.39, 0.29) is 0 Å². The molecule has 4 heteroatoms. The second-order valence-corrected chi connectivity index (χ2v) is 5.47. The van der Waals surface area contributed by atoms with Gasteiger partial charge in [0.2, 0.25) is 6.17 Å². The molecule has 1 atom stereocenters.